The zero-order valence-electron chi connectivity index (χ0n) is 7.87. The molecule has 1 heterocycles. The normalized spacial score (nSPS) is 45.8. The molecule has 1 aliphatic rings. The van der Waals surface area contributed by atoms with E-state index in [1.165, 1.54) is 0 Å². The molecule has 1 aliphatic heterocycles. The van der Waals surface area contributed by atoms with Crippen molar-refractivity contribution in [3.8, 4) is 0 Å². The summed E-state index contributed by atoms with van der Waals surface area (Å²) in [5, 5.41) is 0. The van der Waals surface area contributed by atoms with E-state index >= 15 is 0 Å². The second-order valence-corrected chi connectivity index (χ2v) is 3.51. The van der Waals surface area contributed by atoms with Crippen LogP contribution in [0.4, 0.5) is 0 Å². The maximum Gasteiger partial charge on any atom is 0.0285 e. The molecule has 1 rings (SSSR count). The topological polar surface area (TPSA) is 9.23 Å². The maximum absolute atomic E-state index is 5.56. The van der Waals surface area contributed by atoms with Crippen LogP contribution >= 0.6 is 0 Å². The van der Waals surface area contributed by atoms with Crippen LogP contribution in [0, 0.1) is 13.1 Å². The molecule has 0 aromatic heterocycles. The minimum Gasteiger partial charge on any atom is -0.589 e. The number of likely N-dealkylation sites (N-methyl/N-ethyl adjacent to an activating group) is 1. The number of rotatable bonds is 1. The van der Waals surface area contributed by atoms with Crippen molar-refractivity contribution in [3.63, 3.8) is 0 Å². The Morgan fingerprint density at radius 1 is 1.27 bits per heavy atom. The molecule has 0 aromatic carbocycles. The van der Waals surface area contributed by atoms with Gasteiger partial charge in [-0.1, -0.05) is 13.8 Å². The lowest BCUT2D eigenvalue weighted by atomic mass is 10.2. The van der Waals surface area contributed by atoms with E-state index in [2.05, 4.69) is 40.9 Å². The van der Waals surface area contributed by atoms with E-state index in [0.717, 1.165) is 11.0 Å². The summed E-state index contributed by atoms with van der Waals surface area (Å²) in [6, 6.07) is 0. The van der Waals surface area contributed by atoms with Gasteiger partial charge in [-0.15, -0.1) is 13.1 Å². The molecule has 1 saturated heterocycles. The molecule has 2 heteroatoms. The largest absolute Gasteiger partial charge is 0.589 e. The molecule has 0 bridgehead atoms. The first-order chi connectivity index (χ1) is 5.06. The standard InChI is InChI=1S/C9H18NO/c1-5-10(4)6-8(2)11-9(3)7-10/h6-9H,5H2,1-4H3/q-1. The molecule has 2 atom stereocenters. The summed E-state index contributed by atoms with van der Waals surface area (Å²) < 4.78 is 6.48. The first-order valence-corrected chi connectivity index (χ1v) is 4.28. The third kappa shape index (κ3) is 2.17. The van der Waals surface area contributed by atoms with Crippen molar-refractivity contribution in [1.82, 2.24) is 0 Å². The van der Waals surface area contributed by atoms with Gasteiger partial charge in [-0.25, -0.2) is 0 Å². The zero-order chi connectivity index (χ0) is 8.48. The smallest absolute Gasteiger partial charge is 0.0285 e. The Morgan fingerprint density at radius 2 is 1.73 bits per heavy atom. The number of nitrogens with zero attached hydrogens (tertiary/aromatic N) is 1. The van der Waals surface area contributed by atoms with E-state index < -0.39 is 0 Å². The summed E-state index contributed by atoms with van der Waals surface area (Å²) >= 11 is 0. The summed E-state index contributed by atoms with van der Waals surface area (Å²) in [4.78, 5) is 0. The molecule has 0 aliphatic carbocycles. The predicted molar refractivity (Wildman–Crippen MR) is 45.3 cm³/mol. The molecular weight excluding hydrogens is 138 g/mol. The Kier molecular flexibility index (Phi) is 2.55. The summed E-state index contributed by atoms with van der Waals surface area (Å²) in [7, 11) is 2.20. The van der Waals surface area contributed by atoms with E-state index in [-0.39, 0.29) is 12.2 Å². The lowest BCUT2D eigenvalue weighted by Gasteiger charge is -2.60. The van der Waals surface area contributed by atoms with E-state index in [1.54, 1.807) is 0 Å². The number of hydrogen-bond donors (Lipinski definition) is 0. The van der Waals surface area contributed by atoms with E-state index in [0.29, 0.717) is 0 Å². The Bertz CT molecular complexity index is 126. The highest BCUT2D eigenvalue weighted by Crippen LogP contribution is 2.23. The second-order valence-electron chi connectivity index (χ2n) is 3.51. The average molecular weight is 156 g/mol. The fraction of sp³-hybridized carbons (Fsp3) is 0.778. The summed E-state index contributed by atoms with van der Waals surface area (Å²) in [5.41, 5.74) is 0. The maximum atomic E-state index is 5.56. The molecule has 0 spiro atoms. The van der Waals surface area contributed by atoms with Gasteiger partial charge in [0.15, 0.2) is 0 Å². The second kappa shape index (κ2) is 3.11. The number of morpholine rings is 1. The molecular formula is C9H18NO-. The van der Waals surface area contributed by atoms with Gasteiger partial charge in [0.05, 0.1) is 0 Å². The molecule has 11 heavy (non-hydrogen) atoms. The highest BCUT2D eigenvalue weighted by molar-refractivity contribution is 4.78. The lowest BCUT2D eigenvalue weighted by Crippen LogP contribution is -2.50. The van der Waals surface area contributed by atoms with Gasteiger partial charge >= 0.3 is 0 Å². The van der Waals surface area contributed by atoms with Gasteiger partial charge in [-0.2, -0.15) is 0 Å². The Morgan fingerprint density at radius 3 is 2.09 bits per heavy atom. The van der Waals surface area contributed by atoms with Gasteiger partial charge in [0.25, 0.3) is 0 Å². The van der Waals surface area contributed by atoms with Gasteiger partial charge in [-0.05, 0) is 19.1 Å². The predicted octanol–water partition coefficient (Wildman–Crippen LogP) is 1.58. The van der Waals surface area contributed by atoms with Gasteiger partial charge < -0.3 is 9.22 Å². The van der Waals surface area contributed by atoms with Crippen molar-refractivity contribution in [2.45, 2.75) is 33.0 Å². The molecule has 1 fully saturated rings. The lowest BCUT2D eigenvalue weighted by molar-refractivity contribution is -0.862. The first kappa shape index (κ1) is 9.01. The third-order valence-corrected chi connectivity index (χ3v) is 2.21. The molecule has 66 valence electrons. The Hall–Kier alpha value is -0.0800. The van der Waals surface area contributed by atoms with Crippen molar-refractivity contribution >= 4 is 0 Å². The van der Waals surface area contributed by atoms with Crippen molar-refractivity contribution in [2.24, 2.45) is 0 Å². The van der Waals surface area contributed by atoms with Crippen molar-refractivity contribution in [1.29, 1.82) is 0 Å². The van der Waals surface area contributed by atoms with Gasteiger partial charge in [-0.3, -0.25) is 0 Å². The van der Waals surface area contributed by atoms with Crippen LogP contribution in [0.1, 0.15) is 20.8 Å². The molecule has 2 nitrogen and oxygen atoms in total. The van der Waals surface area contributed by atoms with Gasteiger partial charge in [0.2, 0.25) is 0 Å². The molecule has 0 amide bonds. The molecule has 2 unspecified atom stereocenters. The van der Waals surface area contributed by atoms with Crippen LogP contribution in [0.15, 0.2) is 0 Å². The monoisotopic (exact) mass is 156 g/mol. The first-order valence-electron chi connectivity index (χ1n) is 4.28. The van der Waals surface area contributed by atoms with Crippen LogP contribution in [0.25, 0.3) is 0 Å². The van der Waals surface area contributed by atoms with Crippen LogP contribution in [0.2, 0.25) is 0 Å². The van der Waals surface area contributed by atoms with Crippen molar-refractivity contribution < 1.29 is 9.22 Å². The van der Waals surface area contributed by atoms with Crippen LogP contribution in [0.3, 0.4) is 0 Å². The highest BCUT2D eigenvalue weighted by atomic mass is 16.5. The number of ether oxygens (including phenoxy) is 1. The van der Waals surface area contributed by atoms with Crippen LogP contribution in [0.5, 0.6) is 0 Å². The van der Waals surface area contributed by atoms with Crippen molar-refractivity contribution in [3.05, 3.63) is 13.1 Å². The summed E-state index contributed by atoms with van der Waals surface area (Å²) in [6.45, 7) is 11.9. The van der Waals surface area contributed by atoms with Gasteiger partial charge in [0.1, 0.15) is 0 Å². The van der Waals surface area contributed by atoms with Crippen LogP contribution in [-0.2, 0) is 4.74 Å². The molecule has 0 radical (unpaired) electrons. The van der Waals surface area contributed by atoms with E-state index in [9.17, 15) is 0 Å². The fourth-order valence-corrected chi connectivity index (χ4v) is 1.63. The fourth-order valence-electron chi connectivity index (χ4n) is 1.63. The number of hydrogen-bond acceptors (Lipinski definition) is 1. The average Bonchev–Trinajstić information content (AvgIpc) is 1.84. The Balaban J connectivity index is 2.55. The third-order valence-electron chi connectivity index (χ3n) is 2.21. The van der Waals surface area contributed by atoms with Crippen molar-refractivity contribution in [2.75, 3.05) is 13.6 Å². The van der Waals surface area contributed by atoms with E-state index in [4.69, 9.17) is 4.74 Å². The highest BCUT2D eigenvalue weighted by Gasteiger charge is 2.15. The quantitative estimate of drug-likeness (QED) is 0.414. The molecule has 0 saturated carbocycles. The number of quaternary nitrogens is 1. The van der Waals surface area contributed by atoms with Crippen LogP contribution in [-0.4, -0.2) is 30.3 Å². The van der Waals surface area contributed by atoms with Gasteiger partial charge in [0, 0.05) is 13.6 Å². The molecule has 0 aromatic rings. The molecule has 0 N–H and O–H groups in total. The van der Waals surface area contributed by atoms with E-state index in [1.807, 2.05) is 0 Å². The minimum absolute atomic E-state index is 0.278. The summed E-state index contributed by atoms with van der Waals surface area (Å²) in [6.07, 6.45) is 0.555. The minimum atomic E-state index is 0.278. The zero-order valence-corrected chi connectivity index (χ0v) is 7.87. The SMILES string of the molecule is CC[N+]1(C)[CH-]C(C)OC(C)[CH-]1. The Labute approximate surface area is 69.7 Å². The summed E-state index contributed by atoms with van der Waals surface area (Å²) in [5.74, 6) is 0. The van der Waals surface area contributed by atoms with Crippen LogP contribution < -0.4 is 0 Å².